The van der Waals surface area contributed by atoms with Gasteiger partial charge in [0.25, 0.3) is 0 Å². The molecule has 0 radical (unpaired) electrons. The Labute approximate surface area is 74.1 Å². The van der Waals surface area contributed by atoms with E-state index in [9.17, 15) is 13.5 Å². The summed E-state index contributed by atoms with van der Waals surface area (Å²) in [6.07, 6.45) is 1.18. The molecule has 0 unspecified atom stereocenters. The molecule has 0 fully saturated rings. The summed E-state index contributed by atoms with van der Waals surface area (Å²) in [5.41, 5.74) is 0.277. The fraction of sp³-hybridized carbons (Fsp3) is 0.167. The van der Waals surface area contributed by atoms with Gasteiger partial charge in [0.15, 0.2) is 5.75 Å². The summed E-state index contributed by atoms with van der Waals surface area (Å²) in [5.74, 6) is -0.617. The molecule has 1 aliphatic rings. The van der Waals surface area contributed by atoms with Gasteiger partial charge in [-0.2, -0.15) is 0 Å². The van der Waals surface area contributed by atoms with Crippen LogP contribution in [0.25, 0.3) is 0 Å². The standard InChI is InChI=1S/C6H5NO5S/c1-3-5(8)6-4(2-7-3)11-13(9,10)12-6/h2,8H,1H3. The zero-order chi connectivity index (χ0) is 9.64. The van der Waals surface area contributed by atoms with Crippen LogP contribution in [0.3, 0.4) is 0 Å². The monoisotopic (exact) mass is 203 g/mol. The fourth-order valence-electron chi connectivity index (χ4n) is 0.925. The number of aromatic hydroxyl groups is 1. The lowest BCUT2D eigenvalue weighted by Gasteiger charge is -1.98. The van der Waals surface area contributed by atoms with Crippen molar-refractivity contribution in [2.45, 2.75) is 6.92 Å². The van der Waals surface area contributed by atoms with Gasteiger partial charge in [0.1, 0.15) is 0 Å². The second-order valence-electron chi connectivity index (χ2n) is 2.46. The van der Waals surface area contributed by atoms with Crippen molar-refractivity contribution in [1.29, 1.82) is 0 Å². The Morgan fingerprint density at radius 3 is 2.85 bits per heavy atom. The number of aromatic nitrogens is 1. The van der Waals surface area contributed by atoms with Crippen LogP contribution < -0.4 is 8.37 Å². The molecular weight excluding hydrogens is 198 g/mol. The molecule has 0 aromatic carbocycles. The quantitative estimate of drug-likeness (QED) is 0.644. The number of hydrogen-bond acceptors (Lipinski definition) is 6. The summed E-state index contributed by atoms with van der Waals surface area (Å²) in [4.78, 5) is 3.70. The lowest BCUT2D eigenvalue weighted by molar-refractivity contribution is 0.417. The third-order valence-corrected chi connectivity index (χ3v) is 2.29. The van der Waals surface area contributed by atoms with E-state index in [1.807, 2.05) is 0 Å². The molecule has 1 aromatic rings. The average molecular weight is 203 g/mol. The molecule has 70 valence electrons. The minimum Gasteiger partial charge on any atom is -0.503 e. The minimum atomic E-state index is -4.04. The Hall–Kier alpha value is -1.50. The maximum atomic E-state index is 10.8. The highest BCUT2D eigenvalue weighted by molar-refractivity contribution is 7.82. The number of pyridine rings is 1. The van der Waals surface area contributed by atoms with Crippen LogP contribution in [0.2, 0.25) is 0 Å². The molecular formula is C6H5NO5S. The van der Waals surface area contributed by atoms with E-state index in [2.05, 4.69) is 13.4 Å². The third-order valence-electron chi connectivity index (χ3n) is 1.53. The summed E-state index contributed by atoms with van der Waals surface area (Å²) in [7, 11) is -4.04. The van der Waals surface area contributed by atoms with E-state index in [-0.39, 0.29) is 22.9 Å². The molecule has 1 aliphatic heterocycles. The second-order valence-corrected chi connectivity index (χ2v) is 3.61. The predicted molar refractivity (Wildman–Crippen MR) is 40.8 cm³/mol. The second kappa shape index (κ2) is 2.25. The predicted octanol–water partition coefficient (Wildman–Crippen LogP) is 0.112. The number of fused-ring (bicyclic) bond motifs is 1. The lowest BCUT2D eigenvalue weighted by atomic mass is 10.3. The zero-order valence-corrected chi connectivity index (χ0v) is 7.33. The minimum absolute atomic E-state index is 0.0944. The van der Waals surface area contributed by atoms with Crippen LogP contribution >= 0.6 is 0 Å². The Morgan fingerprint density at radius 1 is 1.46 bits per heavy atom. The van der Waals surface area contributed by atoms with E-state index in [4.69, 9.17) is 0 Å². The molecule has 0 atom stereocenters. The first kappa shape index (κ1) is 8.11. The van der Waals surface area contributed by atoms with E-state index in [1.54, 1.807) is 0 Å². The number of rotatable bonds is 0. The Balaban J connectivity index is 2.65. The van der Waals surface area contributed by atoms with Gasteiger partial charge in [-0.15, -0.1) is 8.42 Å². The van der Waals surface area contributed by atoms with E-state index >= 15 is 0 Å². The number of hydrogen-bond donors (Lipinski definition) is 1. The highest BCUT2D eigenvalue weighted by atomic mass is 32.3. The molecule has 0 saturated heterocycles. The summed E-state index contributed by atoms with van der Waals surface area (Å²) in [6, 6.07) is 0. The first-order chi connectivity index (χ1) is 5.99. The van der Waals surface area contributed by atoms with Crippen molar-refractivity contribution in [2.24, 2.45) is 0 Å². The van der Waals surface area contributed by atoms with Gasteiger partial charge in [0.05, 0.1) is 11.9 Å². The summed E-state index contributed by atoms with van der Waals surface area (Å²) in [6.45, 7) is 1.52. The maximum Gasteiger partial charge on any atom is 0.501 e. The molecule has 0 saturated carbocycles. The van der Waals surface area contributed by atoms with Crippen molar-refractivity contribution in [3.8, 4) is 17.2 Å². The van der Waals surface area contributed by atoms with Gasteiger partial charge in [-0.25, -0.2) is 0 Å². The third kappa shape index (κ3) is 1.17. The normalized spacial score (nSPS) is 17.3. The van der Waals surface area contributed by atoms with E-state index in [0.29, 0.717) is 0 Å². The molecule has 0 spiro atoms. The first-order valence-corrected chi connectivity index (χ1v) is 4.65. The van der Waals surface area contributed by atoms with Crippen molar-refractivity contribution in [3.63, 3.8) is 0 Å². The van der Waals surface area contributed by atoms with Crippen molar-refractivity contribution >= 4 is 10.4 Å². The number of aryl methyl sites for hydroxylation is 1. The molecule has 7 heteroatoms. The molecule has 2 heterocycles. The summed E-state index contributed by atoms with van der Waals surface area (Å²) >= 11 is 0. The van der Waals surface area contributed by atoms with Crippen LogP contribution in [-0.4, -0.2) is 18.5 Å². The van der Waals surface area contributed by atoms with E-state index < -0.39 is 10.4 Å². The van der Waals surface area contributed by atoms with Crippen LogP contribution in [0.4, 0.5) is 0 Å². The van der Waals surface area contributed by atoms with Crippen LogP contribution in [-0.2, 0) is 10.4 Å². The fourth-order valence-corrected chi connectivity index (χ4v) is 1.66. The molecule has 1 N–H and O–H groups in total. The topological polar surface area (TPSA) is 85.7 Å². The van der Waals surface area contributed by atoms with Crippen molar-refractivity contribution in [3.05, 3.63) is 11.9 Å². The first-order valence-electron chi connectivity index (χ1n) is 3.32. The molecule has 1 aromatic heterocycles. The Morgan fingerprint density at radius 2 is 2.15 bits per heavy atom. The largest absolute Gasteiger partial charge is 0.503 e. The number of nitrogens with zero attached hydrogens (tertiary/aromatic N) is 1. The zero-order valence-electron chi connectivity index (χ0n) is 6.51. The molecule has 0 aliphatic carbocycles. The van der Waals surface area contributed by atoms with Crippen LogP contribution in [0.15, 0.2) is 6.20 Å². The van der Waals surface area contributed by atoms with Crippen molar-refractivity contribution in [2.75, 3.05) is 0 Å². The molecule has 2 rings (SSSR count). The van der Waals surface area contributed by atoms with E-state index in [0.717, 1.165) is 0 Å². The van der Waals surface area contributed by atoms with Crippen LogP contribution in [0.1, 0.15) is 5.69 Å². The average Bonchev–Trinajstić information content (AvgIpc) is 2.34. The van der Waals surface area contributed by atoms with Gasteiger partial charge in [-0.3, -0.25) is 4.98 Å². The SMILES string of the molecule is Cc1ncc2c(c1O)OS(=O)(=O)O2. The molecule has 6 nitrogen and oxygen atoms in total. The lowest BCUT2D eigenvalue weighted by Crippen LogP contribution is -2.08. The van der Waals surface area contributed by atoms with Gasteiger partial charge in [-0.1, -0.05) is 0 Å². The summed E-state index contributed by atoms with van der Waals surface area (Å²) in [5, 5.41) is 9.32. The highest BCUT2D eigenvalue weighted by Crippen LogP contribution is 2.43. The Bertz CT molecular complexity index is 466. The highest BCUT2D eigenvalue weighted by Gasteiger charge is 2.32. The maximum absolute atomic E-state index is 10.8. The smallest absolute Gasteiger partial charge is 0.501 e. The summed E-state index contributed by atoms with van der Waals surface area (Å²) < 4.78 is 30.3. The Kier molecular flexibility index (Phi) is 1.41. The van der Waals surface area contributed by atoms with Crippen molar-refractivity contribution < 1.29 is 21.9 Å². The molecule has 13 heavy (non-hydrogen) atoms. The van der Waals surface area contributed by atoms with Crippen LogP contribution in [0.5, 0.6) is 17.2 Å². The van der Waals surface area contributed by atoms with Gasteiger partial charge < -0.3 is 13.5 Å². The van der Waals surface area contributed by atoms with Gasteiger partial charge in [0.2, 0.25) is 11.5 Å². The molecule has 0 bridgehead atoms. The molecule has 0 amide bonds. The van der Waals surface area contributed by atoms with Gasteiger partial charge in [-0.05, 0) is 6.92 Å². The van der Waals surface area contributed by atoms with Gasteiger partial charge in [0, 0.05) is 0 Å². The van der Waals surface area contributed by atoms with Crippen LogP contribution in [0, 0.1) is 6.92 Å². The van der Waals surface area contributed by atoms with Crippen molar-refractivity contribution in [1.82, 2.24) is 4.98 Å². The van der Waals surface area contributed by atoms with E-state index in [1.165, 1.54) is 13.1 Å². The van der Waals surface area contributed by atoms with Gasteiger partial charge >= 0.3 is 10.4 Å².